The molecule has 1 atom stereocenters. The van der Waals surface area contributed by atoms with Gasteiger partial charge in [0.1, 0.15) is 0 Å². The second-order valence-electron chi connectivity index (χ2n) is 9.23. The van der Waals surface area contributed by atoms with Gasteiger partial charge in [-0.1, -0.05) is 27.7 Å². The van der Waals surface area contributed by atoms with Crippen LogP contribution in [0.3, 0.4) is 0 Å². The number of ether oxygens (including phenoxy) is 1. The van der Waals surface area contributed by atoms with Gasteiger partial charge in [0, 0.05) is 50.6 Å². The molecule has 1 aliphatic heterocycles. The zero-order valence-corrected chi connectivity index (χ0v) is 20.0. The summed E-state index contributed by atoms with van der Waals surface area (Å²) >= 11 is 0. The maximum atomic E-state index is 13.2. The van der Waals surface area contributed by atoms with Crippen LogP contribution in [0.5, 0.6) is 0 Å². The van der Waals surface area contributed by atoms with Gasteiger partial charge in [-0.2, -0.15) is 0 Å². The normalized spacial score (nSPS) is 17.1. The monoisotopic (exact) mass is 439 g/mol. The molecule has 0 aromatic heterocycles. The highest BCUT2D eigenvalue weighted by Gasteiger charge is 2.31. The highest BCUT2D eigenvalue weighted by Crippen LogP contribution is 2.28. The SMILES string of the molecule is CCCS(=O)(=O)Nc1ccc(N(C)C)c(CN(CC2CCCO2)C(=O)C(C)(C)C)c1. The van der Waals surface area contributed by atoms with Crippen molar-refractivity contribution in [1.29, 1.82) is 0 Å². The fourth-order valence-electron chi connectivity index (χ4n) is 3.64. The number of carbonyl (C=O) groups is 1. The molecule has 1 amide bonds. The van der Waals surface area contributed by atoms with Gasteiger partial charge in [-0.15, -0.1) is 0 Å². The molecule has 0 bridgehead atoms. The van der Waals surface area contributed by atoms with E-state index in [0.717, 1.165) is 30.7 Å². The molecule has 30 heavy (non-hydrogen) atoms. The van der Waals surface area contributed by atoms with E-state index in [0.29, 0.717) is 25.2 Å². The third kappa shape index (κ3) is 6.87. The van der Waals surface area contributed by atoms with Gasteiger partial charge < -0.3 is 14.5 Å². The molecule has 1 unspecified atom stereocenters. The van der Waals surface area contributed by atoms with E-state index in [1.165, 1.54) is 0 Å². The van der Waals surface area contributed by atoms with Crippen LogP contribution in [0.4, 0.5) is 11.4 Å². The number of amides is 1. The Balaban J connectivity index is 2.35. The Bertz CT molecular complexity index is 825. The van der Waals surface area contributed by atoms with Crippen molar-refractivity contribution < 1.29 is 17.9 Å². The average molecular weight is 440 g/mol. The lowest BCUT2D eigenvalue weighted by Crippen LogP contribution is -2.43. The first kappa shape index (κ1) is 24.5. The topological polar surface area (TPSA) is 79.0 Å². The van der Waals surface area contributed by atoms with Crippen LogP contribution in [-0.2, 0) is 26.1 Å². The van der Waals surface area contributed by atoms with Crippen LogP contribution in [-0.4, -0.2) is 58.3 Å². The van der Waals surface area contributed by atoms with E-state index in [9.17, 15) is 13.2 Å². The lowest BCUT2D eigenvalue weighted by Gasteiger charge is -2.32. The number of benzene rings is 1. The summed E-state index contributed by atoms with van der Waals surface area (Å²) in [6, 6.07) is 5.49. The first-order valence-corrected chi connectivity index (χ1v) is 12.3. The molecule has 170 valence electrons. The minimum absolute atomic E-state index is 0.0466. The Morgan fingerprint density at radius 2 is 1.97 bits per heavy atom. The molecule has 7 nitrogen and oxygen atoms in total. The number of sulfonamides is 1. The van der Waals surface area contributed by atoms with Crippen LogP contribution < -0.4 is 9.62 Å². The lowest BCUT2D eigenvalue weighted by atomic mass is 9.94. The molecule has 1 saturated heterocycles. The van der Waals surface area contributed by atoms with Crippen molar-refractivity contribution in [3.8, 4) is 0 Å². The fraction of sp³-hybridized carbons (Fsp3) is 0.682. The minimum Gasteiger partial charge on any atom is -0.377 e. The summed E-state index contributed by atoms with van der Waals surface area (Å²) in [5, 5.41) is 0. The van der Waals surface area contributed by atoms with Gasteiger partial charge in [0.05, 0.1) is 11.9 Å². The smallest absolute Gasteiger partial charge is 0.232 e. The molecular formula is C22H37N3O4S. The first-order chi connectivity index (χ1) is 13.9. The van der Waals surface area contributed by atoms with Crippen molar-refractivity contribution in [1.82, 2.24) is 4.90 Å². The highest BCUT2D eigenvalue weighted by atomic mass is 32.2. The van der Waals surface area contributed by atoms with Crippen molar-refractivity contribution in [2.75, 3.05) is 42.6 Å². The van der Waals surface area contributed by atoms with Gasteiger partial charge in [-0.3, -0.25) is 9.52 Å². The Morgan fingerprint density at radius 3 is 2.50 bits per heavy atom. The summed E-state index contributed by atoms with van der Waals surface area (Å²) in [6.07, 6.45) is 2.56. The molecular weight excluding hydrogens is 402 g/mol. The van der Waals surface area contributed by atoms with E-state index in [2.05, 4.69) is 4.72 Å². The number of nitrogens with zero attached hydrogens (tertiary/aromatic N) is 2. The van der Waals surface area contributed by atoms with Crippen LogP contribution in [0.15, 0.2) is 18.2 Å². The number of hydrogen-bond donors (Lipinski definition) is 1. The van der Waals surface area contributed by atoms with E-state index in [1.54, 1.807) is 6.07 Å². The Morgan fingerprint density at radius 1 is 1.27 bits per heavy atom. The largest absolute Gasteiger partial charge is 0.377 e. The second kappa shape index (κ2) is 10.0. The maximum absolute atomic E-state index is 13.2. The number of nitrogens with one attached hydrogen (secondary N) is 1. The molecule has 1 heterocycles. The third-order valence-corrected chi connectivity index (χ3v) is 6.54. The Hall–Kier alpha value is -1.80. The van der Waals surface area contributed by atoms with Crippen LogP contribution in [0.25, 0.3) is 0 Å². The maximum Gasteiger partial charge on any atom is 0.232 e. The van der Waals surface area contributed by atoms with E-state index >= 15 is 0 Å². The van der Waals surface area contributed by atoms with Gasteiger partial charge in [-0.25, -0.2) is 8.42 Å². The summed E-state index contributed by atoms with van der Waals surface area (Å²) < 4.78 is 32.9. The summed E-state index contributed by atoms with van der Waals surface area (Å²) in [5.41, 5.74) is 1.85. The zero-order valence-electron chi connectivity index (χ0n) is 19.2. The van der Waals surface area contributed by atoms with Crippen molar-refractivity contribution in [2.24, 2.45) is 5.41 Å². The fourth-order valence-corrected chi connectivity index (χ4v) is 4.77. The number of hydrogen-bond acceptors (Lipinski definition) is 5. The highest BCUT2D eigenvalue weighted by molar-refractivity contribution is 7.92. The quantitative estimate of drug-likeness (QED) is 0.637. The van der Waals surface area contributed by atoms with Crippen LogP contribution in [0, 0.1) is 5.41 Å². The van der Waals surface area contributed by atoms with Crippen molar-refractivity contribution in [2.45, 2.75) is 59.6 Å². The molecule has 0 aliphatic carbocycles. The number of rotatable bonds is 9. The molecule has 1 aromatic carbocycles. The predicted octanol–water partition coefficient (Wildman–Crippen LogP) is 3.46. The molecule has 0 saturated carbocycles. The van der Waals surface area contributed by atoms with Crippen LogP contribution in [0.2, 0.25) is 0 Å². The molecule has 1 fully saturated rings. The van der Waals surface area contributed by atoms with Gasteiger partial charge in [0.2, 0.25) is 15.9 Å². The van der Waals surface area contributed by atoms with E-state index < -0.39 is 15.4 Å². The van der Waals surface area contributed by atoms with Gasteiger partial charge in [-0.05, 0) is 43.0 Å². The van der Waals surface area contributed by atoms with Gasteiger partial charge in [0.25, 0.3) is 0 Å². The molecule has 2 rings (SSSR count). The average Bonchev–Trinajstić information content (AvgIpc) is 3.12. The zero-order chi connectivity index (χ0) is 22.5. The molecule has 1 aliphatic rings. The molecule has 0 spiro atoms. The predicted molar refractivity (Wildman–Crippen MR) is 122 cm³/mol. The third-order valence-electron chi connectivity index (χ3n) is 5.05. The summed E-state index contributed by atoms with van der Waals surface area (Å²) in [7, 11) is 0.495. The van der Waals surface area contributed by atoms with Gasteiger partial charge >= 0.3 is 0 Å². The number of anilines is 2. The van der Waals surface area contributed by atoms with Crippen molar-refractivity contribution >= 4 is 27.3 Å². The first-order valence-electron chi connectivity index (χ1n) is 10.6. The van der Waals surface area contributed by atoms with E-state index in [-0.39, 0.29) is 17.8 Å². The number of carbonyl (C=O) groups excluding carboxylic acids is 1. The minimum atomic E-state index is -3.39. The lowest BCUT2D eigenvalue weighted by molar-refractivity contribution is -0.141. The van der Waals surface area contributed by atoms with Crippen molar-refractivity contribution in [3.63, 3.8) is 0 Å². The van der Waals surface area contributed by atoms with Crippen LogP contribution >= 0.6 is 0 Å². The van der Waals surface area contributed by atoms with Crippen LogP contribution in [0.1, 0.15) is 52.5 Å². The summed E-state index contributed by atoms with van der Waals surface area (Å²) in [6.45, 7) is 9.25. The standard InChI is InChI=1S/C22H37N3O4S/c1-7-13-30(27,28)23-18-10-11-20(24(5)6)17(14-18)15-25(21(26)22(2,3)4)16-19-9-8-12-29-19/h10-11,14,19,23H,7-9,12-13,15-16H2,1-6H3. The molecule has 1 N–H and O–H groups in total. The van der Waals surface area contributed by atoms with E-state index in [4.69, 9.17) is 4.74 Å². The van der Waals surface area contributed by atoms with E-state index in [1.807, 2.05) is 63.7 Å². The molecule has 0 radical (unpaired) electrons. The summed E-state index contributed by atoms with van der Waals surface area (Å²) in [5.74, 6) is 0.130. The van der Waals surface area contributed by atoms with Gasteiger partial charge in [0.15, 0.2) is 0 Å². The van der Waals surface area contributed by atoms with Crippen molar-refractivity contribution in [3.05, 3.63) is 23.8 Å². The second-order valence-corrected chi connectivity index (χ2v) is 11.1. The Kier molecular flexibility index (Phi) is 8.16. The Labute approximate surface area is 181 Å². The molecule has 8 heteroatoms. The molecule has 1 aromatic rings. The summed E-state index contributed by atoms with van der Waals surface area (Å²) in [4.78, 5) is 17.0.